The van der Waals surface area contributed by atoms with E-state index in [-0.39, 0.29) is 36.9 Å². The lowest BCUT2D eigenvalue weighted by Crippen LogP contribution is -2.39. The Bertz CT molecular complexity index is 487. The largest absolute Gasteiger partial charge is 0.461 e. The number of nitrogens with one attached hydrogen (secondary N) is 2. The van der Waals surface area contributed by atoms with Crippen LogP contribution in [0, 0.1) is 0 Å². The zero-order valence-electron chi connectivity index (χ0n) is 11.4. The highest BCUT2D eigenvalue weighted by atomic mass is 19.4. The molecular weight excluding hydrogens is 275 g/mol. The fraction of sp³-hybridized carbons (Fsp3) is 0.727. The molecule has 2 N–H and O–H groups in total. The third-order valence-electron chi connectivity index (χ3n) is 2.82. The molecule has 2 rings (SSSR count). The van der Waals surface area contributed by atoms with Crippen molar-refractivity contribution in [3.05, 3.63) is 0 Å². The van der Waals surface area contributed by atoms with E-state index in [4.69, 9.17) is 4.74 Å². The minimum absolute atomic E-state index is 0.0113. The van der Waals surface area contributed by atoms with E-state index < -0.39 is 11.7 Å². The Hall–Kier alpha value is -1.80. The van der Waals surface area contributed by atoms with E-state index >= 15 is 0 Å². The summed E-state index contributed by atoms with van der Waals surface area (Å²) < 4.78 is 44.0. The Kier molecular flexibility index (Phi) is 3.61. The minimum Gasteiger partial charge on any atom is -0.461 e. The molecule has 0 atom stereocenters. The summed E-state index contributed by atoms with van der Waals surface area (Å²) in [6.45, 7) is 3.54. The molecule has 1 fully saturated rings. The van der Waals surface area contributed by atoms with Gasteiger partial charge in [0.2, 0.25) is 11.9 Å². The molecule has 0 bridgehead atoms. The van der Waals surface area contributed by atoms with Gasteiger partial charge in [0.05, 0.1) is 6.10 Å². The van der Waals surface area contributed by atoms with Crippen molar-refractivity contribution in [1.29, 1.82) is 0 Å². The molecule has 1 aromatic heterocycles. The molecule has 112 valence electrons. The molecule has 20 heavy (non-hydrogen) atoms. The quantitative estimate of drug-likeness (QED) is 0.866. The van der Waals surface area contributed by atoms with E-state index in [0.717, 1.165) is 0 Å². The first kappa shape index (κ1) is 14.6. The van der Waals surface area contributed by atoms with E-state index in [1.54, 1.807) is 20.9 Å². The van der Waals surface area contributed by atoms with Crippen LogP contribution < -0.4 is 15.4 Å². The van der Waals surface area contributed by atoms with Crippen LogP contribution in [0.15, 0.2) is 0 Å². The first-order valence-corrected chi connectivity index (χ1v) is 6.21. The maximum absolute atomic E-state index is 12.9. The maximum Gasteiger partial charge on any atom is 0.411 e. The zero-order valence-corrected chi connectivity index (χ0v) is 11.4. The number of nitrogens with zero attached hydrogens (tertiary/aromatic N) is 3. The zero-order chi connectivity index (χ0) is 15.0. The SMILES string of the molecule is CNc1nc(NC2(C(F)(F)F)CC2)nc(OC(C)C)n1. The van der Waals surface area contributed by atoms with Gasteiger partial charge in [-0.05, 0) is 26.7 Å². The monoisotopic (exact) mass is 291 g/mol. The maximum atomic E-state index is 12.9. The normalized spacial score (nSPS) is 16.9. The van der Waals surface area contributed by atoms with Gasteiger partial charge in [0.25, 0.3) is 0 Å². The van der Waals surface area contributed by atoms with Crippen LogP contribution in [-0.2, 0) is 0 Å². The van der Waals surface area contributed by atoms with E-state index in [2.05, 4.69) is 25.6 Å². The third-order valence-corrected chi connectivity index (χ3v) is 2.82. The second-order valence-electron chi connectivity index (χ2n) is 4.89. The van der Waals surface area contributed by atoms with Gasteiger partial charge in [-0.2, -0.15) is 28.1 Å². The third kappa shape index (κ3) is 3.02. The Labute approximate surface area is 114 Å². The van der Waals surface area contributed by atoms with Crippen LogP contribution in [0.1, 0.15) is 26.7 Å². The lowest BCUT2D eigenvalue weighted by Gasteiger charge is -2.21. The Morgan fingerprint density at radius 2 is 1.75 bits per heavy atom. The van der Waals surface area contributed by atoms with Crippen molar-refractivity contribution >= 4 is 11.9 Å². The highest BCUT2D eigenvalue weighted by Gasteiger charge is 2.64. The number of ether oxygens (including phenoxy) is 1. The fourth-order valence-corrected chi connectivity index (χ4v) is 1.61. The summed E-state index contributed by atoms with van der Waals surface area (Å²) in [5, 5.41) is 5.01. The van der Waals surface area contributed by atoms with Crippen molar-refractivity contribution in [3.63, 3.8) is 0 Å². The number of halogens is 3. The van der Waals surface area contributed by atoms with Gasteiger partial charge in [-0.3, -0.25) is 0 Å². The number of hydrogen-bond acceptors (Lipinski definition) is 6. The first-order chi connectivity index (χ1) is 9.25. The predicted octanol–water partition coefficient (Wildman–Crippen LogP) is 2.21. The van der Waals surface area contributed by atoms with Crippen LogP contribution in [0.4, 0.5) is 25.1 Å². The highest BCUT2D eigenvalue weighted by Crippen LogP contribution is 2.50. The molecule has 0 unspecified atom stereocenters. The number of aromatic nitrogens is 3. The summed E-state index contributed by atoms with van der Waals surface area (Å²) in [6.07, 6.45) is -4.50. The number of anilines is 2. The van der Waals surface area contributed by atoms with Crippen LogP contribution >= 0.6 is 0 Å². The van der Waals surface area contributed by atoms with E-state index in [1.807, 2.05) is 0 Å². The van der Waals surface area contributed by atoms with Crippen molar-refractivity contribution < 1.29 is 17.9 Å². The summed E-state index contributed by atoms with van der Waals surface area (Å²) in [5.41, 5.74) is -1.92. The lowest BCUT2D eigenvalue weighted by molar-refractivity contribution is -0.151. The van der Waals surface area contributed by atoms with Crippen molar-refractivity contribution in [1.82, 2.24) is 15.0 Å². The van der Waals surface area contributed by atoms with Crippen LogP contribution in [-0.4, -0.2) is 39.8 Å². The molecule has 0 saturated heterocycles. The van der Waals surface area contributed by atoms with Crippen LogP contribution in [0.3, 0.4) is 0 Å². The number of hydrogen-bond donors (Lipinski definition) is 2. The predicted molar refractivity (Wildman–Crippen MR) is 66.8 cm³/mol. The molecule has 6 nitrogen and oxygen atoms in total. The summed E-state index contributed by atoms with van der Waals surface area (Å²) in [7, 11) is 1.56. The van der Waals surface area contributed by atoms with Gasteiger partial charge in [-0.1, -0.05) is 0 Å². The fourth-order valence-electron chi connectivity index (χ4n) is 1.61. The van der Waals surface area contributed by atoms with Gasteiger partial charge in [0.15, 0.2) is 0 Å². The Morgan fingerprint density at radius 1 is 1.15 bits per heavy atom. The van der Waals surface area contributed by atoms with E-state index in [1.165, 1.54) is 0 Å². The summed E-state index contributed by atoms with van der Waals surface area (Å²) in [6, 6.07) is -0.0141. The van der Waals surface area contributed by atoms with Crippen molar-refractivity contribution in [2.24, 2.45) is 0 Å². The van der Waals surface area contributed by atoms with Crippen molar-refractivity contribution in [2.75, 3.05) is 17.7 Å². The molecule has 0 amide bonds. The molecule has 0 spiro atoms. The van der Waals surface area contributed by atoms with Crippen molar-refractivity contribution in [3.8, 4) is 6.01 Å². The summed E-state index contributed by atoms with van der Waals surface area (Å²) in [5.74, 6) is 0.00551. The molecule has 1 heterocycles. The molecule has 0 radical (unpaired) electrons. The smallest absolute Gasteiger partial charge is 0.411 e. The second-order valence-corrected chi connectivity index (χ2v) is 4.89. The molecule has 1 aliphatic rings. The summed E-state index contributed by atoms with van der Waals surface area (Å²) in [4.78, 5) is 11.7. The molecule has 1 saturated carbocycles. The van der Waals surface area contributed by atoms with Gasteiger partial charge in [-0.15, -0.1) is 0 Å². The van der Waals surface area contributed by atoms with Crippen LogP contribution in [0.5, 0.6) is 6.01 Å². The van der Waals surface area contributed by atoms with E-state index in [9.17, 15) is 13.2 Å². The average Bonchev–Trinajstić information content (AvgIpc) is 3.08. The average molecular weight is 291 g/mol. The van der Waals surface area contributed by atoms with Crippen molar-refractivity contribution in [2.45, 2.75) is 44.5 Å². The van der Waals surface area contributed by atoms with Crippen LogP contribution in [0.25, 0.3) is 0 Å². The molecule has 9 heteroatoms. The molecule has 0 aliphatic heterocycles. The lowest BCUT2D eigenvalue weighted by atomic mass is 10.3. The first-order valence-electron chi connectivity index (χ1n) is 6.21. The Morgan fingerprint density at radius 3 is 2.20 bits per heavy atom. The topological polar surface area (TPSA) is 72.0 Å². The van der Waals surface area contributed by atoms with E-state index in [0.29, 0.717) is 0 Å². The molecular formula is C11H16F3N5O. The standard InChI is InChI=1S/C11H16F3N5O/c1-6(2)20-9-17-7(15-3)16-8(18-9)19-10(4-5-10)11(12,13)14/h6H,4-5H2,1-3H3,(H2,15,16,17,18,19). The van der Waals surface area contributed by atoms with Gasteiger partial charge in [0.1, 0.15) is 5.54 Å². The van der Waals surface area contributed by atoms with Gasteiger partial charge >= 0.3 is 12.2 Å². The number of rotatable bonds is 5. The molecule has 1 aliphatic carbocycles. The second kappa shape index (κ2) is 4.95. The van der Waals surface area contributed by atoms with Gasteiger partial charge in [0, 0.05) is 7.05 Å². The van der Waals surface area contributed by atoms with Crippen LogP contribution in [0.2, 0.25) is 0 Å². The molecule has 1 aromatic rings. The molecule has 0 aromatic carbocycles. The van der Waals surface area contributed by atoms with Gasteiger partial charge in [-0.25, -0.2) is 0 Å². The highest BCUT2D eigenvalue weighted by molar-refractivity contribution is 5.40. The van der Waals surface area contributed by atoms with Gasteiger partial charge < -0.3 is 15.4 Å². The summed E-state index contributed by atoms with van der Waals surface area (Å²) >= 11 is 0. The number of alkyl halides is 3. The minimum atomic E-state index is -4.33. The Balaban J connectivity index is 2.23.